The molecule has 3 aromatic carbocycles. The van der Waals surface area contributed by atoms with Crippen molar-refractivity contribution in [2.24, 2.45) is 0 Å². The lowest BCUT2D eigenvalue weighted by molar-refractivity contribution is -0.128. The molecule has 1 heterocycles. The van der Waals surface area contributed by atoms with E-state index in [2.05, 4.69) is 5.32 Å². The molecule has 6 nitrogen and oxygen atoms in total. The van der Waals surface area contributed by atoms with Gasteiger partial charge in [-0.15, -0.1) is 11.8 Å². The smallest absolute Gasteiger partial charge is 0.337 e. The molecule has 1 aliphatic heterocycles. The highest BCUT2D eigenvalue weighted by Crippen LogP contribution is 2.39. The van der Waals surface area contributed by atoms with E-state index in [0.29, 0.717) is 28.6 Å². The normalized spacial score (nSPS) is 15.4. The van der Waals surface area contributed by atoms with E-state index in [0.717, 1.165) is 11.1 Å². The fourth-order valence-electron chi connectivity index (χ4n) is 3.54. The lowest BCUT2D eigenvalue weighted by Gasteiger charge is -2.24. The third-order valence-corrected chi connectivity index (χ3v) is 6.84. The SMILES string of the molecule is COC(=O)c1ccc(Cl)c(NC(=O)c2ccc([C@@H]3SCC(=O)N3Cc3ccccc3)cc2)c1. The van der Waals surface area contributed by atoms with E-state index < -0.39 is 5.97 Å². The number of esters is 1. The van der Waals surface area contributed by atoms with Gasteiger partial charge in [0.25, 0.3) is 5.91 Å². The molecule has 3 aromatic rings. The van der Waals surface area contributed by atoms with Crippen LogP contribution in [0.15, 0.2) is 72.8 Å². The molecule has 0 radical (unpaired) electrons. The van der Waals surface area contributed by atoms with E-state index in [-0.39, 0.29) is 22.8 Å². The van der Waals surface area contributed by atoms with Crippen LogP contribution in [0.5, 0.6) is 0 Å². The summed E-state index contributed by atoms with van der Waals surface area (Å²) in [5, 5.41) is 2.94. The van der Waals surface area contributed by atoms with Crippen LogP contribution in [-0.2, 0) is 16.1 Å². The predicted octanol–water partition coefficient (Wildman–Crippen LogP) is 5.15. The predicted molar refractivity (Wildman–Crippen MR) is 129 cm³/mol. The third-order valence-electron chi connectivity index (χ3n) is 5.26. The summed E-state index contributed by atoms with van der Waals surface area (Å²) < 4.78 is 4.71. The van der Waals surface area contributed by atoms with Crippen molar-refractivity contribution >= 4 is 46.8 Å². The molecule has 4 rings (SSSR count). The van der Waals surface area contributed by atoms with E-state index in [1.165, 1.54) is 25.3 Å². The number of benzene rings is 3. The molecule has 1 aliphatic rings. The summed E-state index contributed by atoms with van der Waals surface area (Å²) in [7, 11) is 1.29. The van der Waals surface area contributed by atoms with Gasteiger partial charge < -0.3 is 15.0 Å². The van der Waals surface area contributed by atoms with Crippen LogP contribution in [0.3, 0.4) is 0 Å². The molecule has 33 heavy (non-hydrogen) atoms. The molecule has 0 unspecified atom stereocenters. The van der Waals surface area contributed by atoms with Crippen molar-refractivity contribution in [1.82, 2.24) is 4.90 Å². The number of rotatable bonds is 6. The summed E-state index contributed by atoms with van der Waals surface area (Å²) in [6, 6.07) is 21.5. The van der Waals surface area contributed by atoms with Crippen molar-refractivity contribution in [2.45, 2.75) is 11.9 Å². The Bertz CT molecular complexity index is 1180. The van der Waals surface area contributed by atoms with E-state index in [1.807, 2.05) is 47.4 Å². The standard InChI is InChI=1S/C25H21ClN2O4S/c1-32-25(31)19-11-12-20(26)21(13-19)27-23(30)17-7-9-18(10-8-17)24-28(22(29)15-33-24)14-16-5-3-2-4-6-16/h2-13,24H,14-15H2,1H3,(H,27,30)/t24-/m0/s1. The molecule has 0 aromatic heterocycles. The fourth-order valence-corrected chi connectivity index (χ4v) is 4.89. The zero-order chi connectivity index (χ0) is 23.4. The van der Waals surface area contributed by atoms with Crippen molar-refractivity contribution in [2.75, 3.05) is 18.2 Å². The number of anilines is 1. The number of amides is 2. The largest absolute Gasteiger partial charge is 0.465 e. The van der Waals surface area contributed by atoms with Crippen molar-refractivity contribution in [3.8, 4) is 0 Å². The first-order valence-electron chi connectivity index (χ1n) is 10.2. The molecule has 1 fully saturated rings. The number of methoxy groups -OCH3 is 1. The minimum absolute atomic E-state index is 0.0933. The van der Waals surface area contributed by atoms with Crippen LogP contribution in [0.1, 0.15) is 37.2 Å². The maximum atomic E-state index is 12.8. The second kappa shape index (κ2) is 10.1. The van der Waals surface area contributed by atoms with Gasteiger partial charge in [0.05, 0.1) is 29.1 Å². The number of thioether (sulfide) groups is 1. The van der Waals surface area contributed by atoms with E-state index >= 15 is 0 Å². The number of halogens is 1. The zero-order valence-electron chi connectivity index (χ0n) is 17.8. The van der Waals surface area contributed by atoms with Gasteiger partial charge in [0, 0.05) is 12.1 Å². The molecule has 1 saturated heterocycles. The fraction of sp³-hybridized carbons (Fsp3) is 0.160. The number of carbonyl (C=O) groups is 3. The van der Waals surface area contributed by atoms with E-state index in [4.69, 9.17) is 16.3 Å². The van der Waals surface area contributed by atoms with Crippen molar-refractivity contribution < 1.29 is 19.1 Å². The van der Waals surface area contributed by atoms with Crippen LogP contribution < -0.4 is 5.32 Å². The average Bonchev–Trinajstić information content (AvgIpc) is 3.20. The van der Waals surface area contributed by atoms with Gasteiger partial charge in [0.1, 0.15) is 5.37 Å². The Labute approximate surface area is 200 Å². The molecule has 0 spiro atoms. The Kier molecular flexibility index (Phi) is 7.01. The summed E-state index contributed by atoms with van der Waals surface area (Å²) in [5.41, 5.74) is 3.06. The highest BCUT2D eigenvalue weighted by molar-refractivity contribution is 8.00. The second-order valence-corrected chi connectivity index (χ2v) is 8.91. The lowest BCUT2D eigenvalue weighted by atomic mass is 10.1. The van der Waals surface area contributed by atoms with E-state index in [1.54, 1.807) is 23.9 Å². The van der Waals surface area contributed by atoms with Crippen molar-refractivity contribution in [3.05, 3.63) is 100 Å². The number of nitrogens with zero attached hydrogens (tertiary/aromatic N) is 1. The molecule has 1 atom stereocenters. The second-order valence-electron chi connectivity index (χ2n) is 7.43. The number of nitrogens with one attached hydrogen (secondary N) is 1. The Morgan fingerprint density at radius 2 is 1.76 bits per heavy atom. The highest BCUT2D eigenvalue weighted by atomic mass is 35.5. The van der Waals surface area contributed by atoms with Crippen LogP contribution in [-0.4, -0.2) is 35.5 Å². The summed E-state index contributed by atoms with van der Waals surface area (Å²) in [4.78, 5) is 38.8. The first-order chi connectivity index (χ1) is 16.0. The Balaban J connectivity index is 1.48. The maximum Gasteiger partial charge on any atom is 0.337 e. The number of ether oxygens (including phenoxy) is 1. The van der Waals surface area contributed by atoms with Crippen LogP contribution in [0.4, 0.5) is 5.69 Å². The van der Waals surface area contributed by atoms with Crippen LogP contribution in [0, 0.1) is 0 Å². The summed E-state index contributed by atoms with van der Waals surface area (Å²) in [5.74, 6) is -0.359. The van der Waals surface area contributed by atoms with E-state index in [9.17, 15) is 14.4 Å². The summed E-state index contributed by atoms with van der Waals surface area (Å²) >= 11 is 7.75. The van der Waals surface area contributed by atoms with Gasteiger partial charge in [-0.25, -0.2) is 4.79 Å². The quantitative estimate of drug-likeness (QED) is 0.493. The Morgan fingerprint density at radius 3 is 2.45 bits per heavy atom. The molecular formula is C25H21ClN2O4S. The topological polar surface area (TPSA) is 75.7 Å². The third kappa shape index (κ3) is 5.21. The molecule has 0 saturated carbocycles. The van der Waals surface area contributed by atoms with Crippen LogP contribution >= 0.6 is 23.4 Å². The first-order valence-corrected chi connectivity index (χ1v) is 11.6. The monoisotopic (exact) mass is 480 g/mol. The molecular weight excluding hydrogens is 460 g/mol. The zero-order valence-corrected chi connectivity index (χ0v) is 19.4. The number of hydrogen-bond donors (Lipinski definition) is 1. The van der Waals surface area contributed by atoms with Gasteiger partial charge in [-0.2, -0.15) is 0 Å². The molecule has 0 bridgehead atoms. The molecule has 8 heteroatoms. The number of hydrogen-bond acceptors (Lipinski definition) is 5. The first kappa shape index (κ1) is 22.9. The van der Waals surface area contributed by atoms with Gasteiger partial charge in [-0.1, -0.05) is 54.1 Å². The molecule has 2 amide bonds. The minimum Gasteiger partial charge on any atom is -0.465 e. The van der Waals surface area contributed by atoms with Crippen LogP contribution in [0.2, 0.25) is 5.02 Å². The Morgan fingerprint density at radius 1 is 1.06 bits per heavy atom. The van der Waals surface area contributed by atoms with Crippen molar-refractivity contribution in [3.63, 3.8) is 0 Å². The highest BCUT2D eigenvalue weighted by Gasteiger charge is 2.32. The Hall–Kier alpha value is -3.29. The maximum absolute atomic E-state index is 12.8. The molecule has 168 valence electrons. The minimum atomic E-state index is -0.518. The van der Waals surface area contributed by atoms with Gasteiger partial charge >= 0.3 is 5.97 Å². The van der Waals surface area contributed by atoms with Gasteiger partial charge in [0.2, 0.25) is 5.91 Å². The number of carbonyl (C=O) groups excluding carboxylic acids is 3. The molecule has 0 aliphatic carbocycles. The summed E-state index contributed by atoms with van der Waals surface area (Å²) in [6.45, 7) is 0.536. The summed E-state index contributed by atoms with van der Waals surface area (Å²) in [6.07, 6.45) is 0. The van der Waals surface area contributed by atoms with Gasteiger partial charge in [0.15, 0.2) is 0 Å². The molecule has 1 N–H and O–H groups in total. The van der Waals surface area contributed by atoms with Crippen LogP contribution in [0.25, 0.3) is 0 Å². The van der Waals surface area contributed by atoms with Crippen molar-refractivity contribution in [1.29, 1.82) is 0 Å². The van der Waals surface area contributed by atoms with Gasteiger partial charge in [-0.3, -0.25) is 9.59 Å². The van der Waals surface area contributed by atoms with Gasteiger partial charge in [-0.05, 0) is 41.5 Å². The average molecular weight is 481 g/mol. The lowest BCUT2D eigenvalue weighted by Crippen LogP contribution is -2.27.